The molecule has 0 radical (unpaired) electrons. The van der Waals surface area contributed by atoms with Crippen molar-refractivity contribution in [2.45, 2.75) is 25.9 Å². The largest absolute Gasteiger partial charge is 0.433 e. The van der Waals surface area contributed by atoms with Crippen LogP contribution in [0.5, 0.6) is 5.75 Å². The van der Waals surface area contributed by atoms with Gasteiger partial charge in [-0.15, -0.1) is 11.3 Å². The monoisotopic (exact) mass is 563 g/mol. The van der Waals surface area contributed by atoms with Crippen molar-refractivity contribution >= 4 is 57.7 Å². The Hall–Kier alpha value is -3.22. The third-order valence-corrected chi connectivity index (χ3v) is 8.37. The highest BCUT2D eigenvalue weighted by Gasteiger charge is 2.40. The van der Waals surface area contributed by atoms with Crippen molar-refractivity contribution in [3.8, 4) is 5.75 Å². The second-order valence-corrected chi connectivity index (χ2v) is 11.0. The van der Waals surface area contributed by atoms with Crippen LogP contribution in [-0.4, -0.2) is 60.6 Å². The van der Waals surface area contributed by atoms with Gasteiger partial charge in [-0.1, -0.05) is 11.6 Å². The van der Waals surface area contributed by atoms with Crippen molar-refractivity contribution in [2.75, 3.05) is 48.8 Å². The van der Waals surface area contributed by atoms with Crippen LogP contribution in [0.3, 0.4) is 0 Å². The number of nitrogens with zero attached hydrogens (tertiary/aromatic N) is 4. The van der Waals surface area contributed by atoms with E-state index in [1.165, 1.54) is 17.5 Å². The van der Waals surface area contributed by atoms with Crippen molar-refractivity contribution in [3.63, 3.8) is 0 Å². The summed E-state index contributed by atoms with van der Waals surface area (Å²) < 4.78 is 31.6. The Labute approximate surface area is 227 Å². The average Bonchev–Trinajstić information content (AvgIpc) is 3.52. The van der Waals surface area contributed by atoms with E-state index < -0.39 is 12.5 Å². The van der Waals surface area contributed by atoms with Crippen LogP contribution in [0.4, 0.5) is 37.6 Å². The number of rotatable bonds is 8. The first-order chi connectivity index (χ1) is 18.2. The molecule has 0 unspecified atom stereocenters. The molecule has 13 heteroatoms. The number of benzene rings is 1. The van der Waals surface area contributed by atoms with Gasteiger partial charge in [-0.05, 0) is 68.4 Å². The number of nitrogens with one attached hydrogen (secondary N) is 2. The molecule has 38 heavy (non-hydrogen) atoms. The minimum Gasteiger partial charge on any atom is -0.433 e. The minimum atomic E-state index is -3.00. The summed E-state index contributed by atoms with van der Waals surface area (Å²) in [5.74, 6) is -0.270. The van der Waals surface area contributed by atoms with Gasteiger partial charge in [-0.25, -0.2) is 4.98 Å². The zero-order valence-electron chi connectivity index (χ0n) is 20.7. The molecule has 0 saturated carbocycles. The Morgan fingerprint density at radius 3 is 2.68 bits per heavy atom. The normalized spacial score (nSPS) is 17.2. The van der Waals surface area contributed by atoms with Crippen molar-refractivity contribution in [1.82, 2.24) is 14.9 Å². The molecule has 2 fully saturated rings. The number of piperidine rings is 1. The second kappa shape index (κ2) is 10.9. The maximum atomic E-state index is 13.3. The van der Waals surface area contributed by atoms with Gasteiger partial charge >= 0.3 is 6.61 Å². The Morgan fingerprint density at radius 1 is 1.18 bits per heavy atom. The zero-order chi connectivity index (χ0) is 26.9. The summed E-state index contributed by atoms with van der Waals surface area (Å²) in [4.78, 5) is 25.1. The van der Waals surface area contributed by atoms with Crippen LogP contribution in [0.15, 0.2) is 35.8 Å². The minimum absolute atomic E-state index is 0.0104. The summed E-state index contributed by atoms with van der Waals surface area (Å²) in [6, 6.07) is 6.87. The fraction of sp³-hybridized carbons (Fsp3) is 0.400. The maximum Gasteiger partial charge on any atom is 0.387 e. The number of carbonyl (C=O) groups is 1. The van der Waals surface area contributed by atoms with Crippen LogP contribution in [0.25, 0.3) is 0 Å². The first kappa shape index (κ1) is 26.4. The lowest BCUT2D eigenvalue weighted by atomic mass is 9.78. The van der Waals surface area contributed by atoms with Gasteiger partial charge in [0.25, 0.3) is 5.91 Å². The maximum absolute atomic E-state index is 13.3. The SMILES string of the molecule is CN1CCC2(CC1)CCN(c1ccc(Nc3ncc(Cl)c(Nc4ccsc4C(N)=O)n3)c(OC(F)F)c1)C2. The zero-order valence-corrected chi connectivity index (χ0v) is 22.3. The van der Waals surface area contributed by atoms with E-state index in [0.29, 0.717) is 10.6 Å². The average molecular weight is 564 g/mol. The molecule has 0 atom stereocenters. The van der Waals surface area contributed by atoms with Crippen LogP contribution in [0.2, 0.25) is 5.02 Å². The lowest BCUT2D eigenvalue weighted by molar-refractivity contribution is -0.0493. The predicted molar refractivity (Wildman–Crippen MR) is 146 cm³/mol. The van der Waals surface area contributed by atoms with Gasteiger partial charge in [-0.2, -0.15) is 13.8 Å². The molecular weight excluding hydrogens is 536 g/mol. The first-order valence-corrected chi connectivity index (χ1v) is 13.4. The van der Waals surface area contributed by atoms with E-state index in [1.807, 2.05) is 6.07 Å². The number of thiophene rings is 1. The van der Waals surface area contributed by atoms with E-state index in [0.717, 1.165) is 51.1 Å². The molecule has 1 amide bonds. The number of hydrogen-bond acceptors (Lipinski definition) is 9. The number of nitrogens with two attached hydrogens (primary N) is 1. The number of anilines is 5. The predicted octanol–water partition coefficient (Wildman–Crippen LogP) is 5.30. The Balaban J connectivity index is 1.36. The molecule has 0 aliphatic carbocycles. The molecule has 1 spiro atoms. The van der Waals surface area contributed by atoms with E-state index in [1.54, 1.807) is 23.6 Å². The van der Waals surface area contributed by atoms with Crippen LogP contribution >= 0.6 is 22.9 Å². The molecule has 202 valence electrons. The standard InChI is InChI=1S/C25H28ClF2N7O2S/c1-34-8-5-25(6-9-34)7-10-35(14-25)15-2-3-17(19(12-15)37-23(27)28)32-24-30-13-16(26)22(33-24)31-18-4-11-38-20(18)21(29)36/h2-4,11-13,23H,5-10,14H2,1H3,(H2,29,36)(H2,30,31,32,33). The van der Waals surface area contributed by atoms with Crippen molar-refractivity contribution < 1.29 is 18.3 Å². The molecule has 1 aromatic carbocycles. The molecule has 4 heterocycles. The van der Waals surface area contributed by atoms with Crippen molar-refractivity contribution in [2.24, 2.45) is 11.1 Å². The molecule has 2 aromatic heterocycles. The third kappa shape index (κ3) is 5.77. The highest BCUT2D eigenvalue weighted by atomic mass is 35.5. The number of alkyl halides is 2. The molecule has 2 aliphatic heterocycles. The lowest BCUT2D eigenvalue weighted by Crippen LogP contribution is -2.39. The molecular formula is C25H28ClF2N7O2S. The van der Waals surface area contributed by atoms with Gasteiger partial charge in [0, 0.05) is 24.8 Å². The van der Waals surface area contributed by atoms with Gasteiger partial charge in [0.15, 0.2) is 11.6 Å². The van der Waals surface area contributed by atoms with Gasteiger partial charge in [-0.3, -0.25) is 4.79 Å². The summed E-state index contributed by atoms with van der Waals surface area (Å²) in [5.41, 5.74) is 7.25. The number of carbonyl (C=O) groups excluding carboxylic acids is 1. The summed E-state index contributed by atoms with van der Waals surface area (Å²) in [6.07, 6.45) is 4.72. The highest BCUT2D eigenvalue weighted by Crippen LogP contribution is 2.43. The number of ether oxygens (including phenoxy) is 1. The van der Waals surface area contributed by atoms with Crippen LogP contribution in [-0.2, 0) is 0 Å². The Bertz CT molecular complexity index is 1320. The number of amides is 1. The van der Waals surface area contributed by atoms with Gasteiger partial charge in [0.1, 0.15) is 9.90 Å². The molecule has 4 N–H and O–H groups in total. The van der Waals surface area contributed by atoms with E-state index in [2.05, 4.69) is 37.4 Å². The summed E-state index contributed by atoms with van der Waals surface area (Å²) in [5, 5.41) is 7.84. The lowest BCUT2D eigenvalue weighted by Gasteiger charge is -2.37. The molecule has 2 aliphatic rings. The molecule has 5 rings (SSSR count). The first-order valence-electron chi connectivity index (χ1n) is 12.2. The smallest absolute Gasteiger partial charge is 0.387 e. The van der Waals surface area contributed by atoms with E-state index >= 15 is 0 Å². The van der Waals surface area contributed by atoms with Crippen LogP contribution in [0.1, 0.15) is 28.9 Å². The molecule has 3 aromatic rings. The molecule has 0 bridgehead atoms. The summed E-state index contributed by atoms with van der Waals surface area (Å²) in [6.45, 7) is 0.914. The van der Waals surface area contributed by atoms with Crippen LogP contribution in [0, 0.1) is 5.41 Å². The van der Waals surface area contributed by atoms with Gasteiger partial charge in [0.2, 0.25) is 5.95 Å². The summed E-state index contributed by atoms with van der Waals surface area (Å²) >= 11 is 7.43. The van der Waals surface area contributed by atoms with Gasteiger partial charge < -0.3 is 30.9 Å². The number of primary amides is 1. The topological polar surface area (TPSA) is 109 Å². The number of likely N-dealkylation sites (tertiary alicyclic amines) is 1. The van der Waals surface area contributed by atoms with E-state index in [4.69, 9.17) is 22.1 Å². The molecule has 2 saturated heterocycles. The van der Waals surface area contributed by atoms with E-state index in [9.17, 15) is 13.6 Å². The number of halogens is 3. The second-order valence-electron chi connectivity index (χ2n) is 9.70. The highest BCUT2D eigenvalue weighted by molar-refractivity contribution is 7.12. The number of hydrogen-bond donors (Lipinski definition) is 3. The molecule has 9 nitrogen and oxygen atoms in total. The van der Waals surface area contributed by atoms with E-state index in [-0.39, 0.29) is 33.6 Å². The van der Waals surface area contributed by atoms with Gasteiger partial charge in [0.05, 0.1) is 17.6 Å². The Kier molecular flexibility index (Phi) is 7.55. The Morgan fingerprint density at radius 2 is 1.95 bits per heavy atom. The quantitative estimate of drug-likeness (QED) is 0.339. The number of aromatic nitrogens is 2. The van der Waals surface area contributed by atoms with Crippen molar-refractivity contribution in [3.05, 3.63) is 45.7 Å². The fourth-order valence-electron chi connectivity index (χ4n) is 5.02. The summed E-state index contributed by atoms with van der Waals surface area (Å²) in [7, 11) is 2.14. The van der Waals surface area contributed by atoms with Crippen molar-refractivity contribution in [1.29, 1.82) is 0 Å². The van der Waals surface area contributed by atoms with Crippen LogP contribution < -0.4 is 26.0 Å². The third-order valence-electron chi connectivity index (χ3n) is 7.17. The fourth-order valence-corrected chi connectivity index (χ4v) is 5.86.